The predicted molar refractivity (Wildman–Crippen MR) is 120 cm³/mol. The quantitative estimate of drug-likeness (QED) is 0.273. The number of ether oxygens (including phenoxy) is 2. The number of hydrogen-bond acceptors (Lipinski definition) is 3. The van der Waals surface area contributed by atoms with E-state index < -0.39 is 3.24 Å². The molecular weight excluding hydrogens is 531 g/mol. The van der Waals surface area contributed by atoms with E-state index in [0.29, 0.717) is 5.75 Å². The molecule has 7 heteroatoms. The van der Waals surface area contributed by atoms with Gasteiger partial charge in [0.15, 0.2) is 3.24 Å². The number of para-hydroxylation sites is 1. The fraction of sp³-hybridized carbons (Fsp3) is 0.381. The predicted octanol–water partition coefficient (Wildman–Crippen LogP) is 7.08. The molecule has 0 bridgehead atoms. The fourth-order valence-electron chi connectivity index (χ4n) is 3.45. The molecule has 3 atom stereocenters. The second kappa shape index (κ2) is 8.55. The minimum Gasteiger partial charge on any atom is -0.461 e. The van der Waals surface area contributed by atoms with Crippen molar-refractivity contribution in [2.45, 2.75) is 28.5 Å². The molecule has 1 aliphatic rings. The summed E-state index contributed by atoms with van der Waals surface area (Å²) >= 11 is 19.0. The minimum atomic E-state index is -1.15. The third-order valence-corrected chi connectivity index (χ3v) is 8.41. The lowest BCUT2D eigenvalue weighted by Crippen LogP contribution is -2.23. The van der Waals surface area contributed by atoms with Crippen LogP contribution in [-0.4, -0.2) is 14.0 Å². The second-order valence-electron chi connectivity index (χ2n) is 7.44. The number of alkyl halides is 4. The highest BCUT2D eigenvalue weighted by molar-refractivity contribution is 9.13. The van der Waals surface area contributed by atoms with E-state index in [2.05, 4.69) is 31.9 Å². The van der Waals surface area contributed by atoms with Crippen molar-refractivity contribution >= 4 is 61.0 Å². The maximum Gasteiger partial charge on any atom is 0.310 e. The minimum absolute atomic E-state index is 0.0258. The lowest BCUT2D eigenvalue weighted by Gasteiger charge is -2.20. The molecule has 2 aromatic rings. The van der Waals surface area contributed by atoms with Gasteiger partial charge in [-0.25, -0.2) is 0 Å². The van der Waals surface area contributed by atoms with Gasteiger partial charge in [-0.05, 0) is 57.1 Å². The summed E-state index contributed by atoms with van der Waals surface area (Å²) in [5.41, 5.74) is 0.614. The van der Waals surface area contributed by atoms with Crippen LogP contribution in [0.4, 0.5) is 0 Å². The van der Waals surface area contributed by atoms with Crippen LogP contribution in [0.1, 0.15) is 19.4 Å². The van der Waals surface area contributed by atoms with Gasteiger partial charge < -0.3 is 9.47 Å². The van der Waals surface area contributed by atoms with Gasteiger partial charge in [0.1, 0.15) is 18.1 Å². The summed E-state index contributed by atoms with van der Waals surface area (Å²) in [5.74, 6) is 0.900. The van der Waals surface area contributed by atoms with E-state index in [1.807, 2.05) is 68.4 Å². The number of esters is 1. The standard InChI is InChI=1S/C21H20Br2Cl2O3/c1-20(2)16(18(22)21(23,24)25)17(20)19(26)27-12-13-7-6-10-15(11-13)28-14-8-4-3-5-9-14/h3-11,16-18H,12H2,1-2H3/t16?,17-,18+/m0/s1. The molecule has 3 rings (SSSR count). The first-order valence-electron chi connectivity index (χ1n) is 8.80. The third kappa shape index (κ3) is 5.05. The van der Waals surface area contributed by atoms with Crippen LogP contribution in [-0.2, 0) is 16.1 Å². The van der Waals surface area contributed by atoms with Gasteiger partial charge in [0.05, 0.1) is 10.7 Å². The normalized spacial score (nSPS) is 21.6. The van der Waals surface area contributed by atoms with Crippen molar-refractivity contribution in [1.82, 2.24) is 0 Å². The summed E-state index contributed by atoms with van der Waals surface area (Å²) in [6, 6.07) is 17.0. The Bertz CT molecular complexity index is 837. The summed E-state index contributed by atoms with van der Waals surface area (Å²) in [4.78, 5) is 12.4. The zero-order valence-electron chi connectivity index (χ0n) is 15.4. The molecule has 1 fully saturated rings. The Balaban J connectivity index is 1.60. The first kappa shape index (κ1) is 21.9. The maximum absolute atomic E-state index is 12.6. The van der Waals surface area contributed by atoms with Crippen molar-refractivity contribution in [1.29, 1.82) is 0 Å². The zero-order valence-corrected chi connectivity index (χ0v) is 20.1. The van der Waals surface area contributed by atoms with Crippen LogP contribution in [0, 0.1) is 17.3 Å². The number of halogens is 4. The molecule has 0 saturated heterocycles. The lowest BCUT2D eigenvalue weighted by atomic mass is 10.1. The summed E-state index contributed by atoms with van der Waals surface area (Å²) in [6.45, 7) is 4.20. The summed E-state index contributed by atoms with van der Waals surface area (Å²) in [6.07, 6.45) is 0. The van der Waals surface area contributed by atoms with Crippen LogP contribution in [0.5, 0.6) is 11.5 Å². The lowest BCUT2D eigenvalue weighted by molar-refractivity contribution is -0.147. The molecule has 0 aliphatic heterocycles. The fourth-order valence-corrected chi connectivity index (χ4v) is 4.99. The van der Waals surface area contributed by atoms with Crippen molar-refractivity contribution < 1.29 is 14.3 Å². The van der Waals surface area contributed by atoms with Crippen LogP contribution in [0.2, 0.25) is 0 Å². The smallest absolute Gasteiger partial charge is 0.310 e. The molecule has 1 unspecified atom stereocenters. The molecule has 0 heterocycles. The largest absolute Gasteiger partial charge is 0.461 e. The average molecular weight is 551 g/mol. The summed E-state index contributed by atoms with van der Waals surface area (Å²) in [7, 11) is 0. The molecular formula is C21H20Br2Cl2O3. The number of carbonyl (C=O) groups is 1. The Morgan fingerprint density at radius 3 is 2.43 bits per heavy atom. The van der Waals surface area contributed by atoms with Gasteiger partial charge in [-0.2, -0.15) is 0 Å². The molecule has 0 radical (unpaired) electrons. The average Bonchev–Trinajstić information content (AvgIpc) is 3.21. The molecule has 150 valence electrons. The van der Waals surface area contributed by atoms with E-state index in [1.54, 1.807) is 0 Å². The van der Waals surface area contributed by atoms with Crippen molar-refractivity contribution in [2.24, 2.45) is 17.3 Å². The third-order valence-electron chi connectivity index (χ3n) is 5.05. The topological polar surface area (TPSA) is 35.5 Å². The van der Waals surface area contributed by atoms with Gasteiger partial charge in [0.25, 0.3) is 0 Å². The van der Waals surface area contributed by atoms with E-state index in [1.165, 1.54) is 0 Å². The Hall–Kier alpha value is -0.750. The molecule has 0 aromatic heterocycles. The van der Waals surface area contributed by atoms with Crippen molar-refractivity contribution in [2.75, 3.05) is 0 Å². The highest BCUT2D eigenvalue weighted by atomic mass is 79.9. The second-order valence-corrected chi connectivity index (χ2v) is 12.0. The summed E-state index contributed by atoms with van der Waals surface area (Å²) in [5, 5.41) is 0. The zero-order chi connectivity index (χ0) is 20.5. The van der Waals surface area contributed by atoms with E-state index in [0.717, 1.165) is 11.3 Å². The van der Waals surface area contributed by atoms with Crippen molar-refractivity contribution in [3.8, 4) is 11.5 Å². The van der Waals surface area contributed by atoms with Gasteiger partial charge >= 0.3 is 5.97 Å². The number of hydrogen-bond donors (Lipinski definition) is 0. The first-order valence-corrected chi connectivity index (χ1v) is 11.3. The molecule has 0 N–H and O–H groups in total. The summed E-state index contributed by atoms with van der Waals surface area (Å²) < 4.78 is 10.2. The maximum atomic E-state index is 12.6. The van der Waals surface area contributed by atoms with Crippen LogP contribution >= 0.6 is 55.1 Å². The highest BCUT2D eigenvalue weighted by Crippen LogP contribution is 2.65. The van der Waals surface area contributed by atoms with Gasteiger partial charge in [0.2, 0.25) is 0 Å². The Morgan fingerprint density at radius 1 is 1.14 bits per heavy atom. The van der Waals surface area contributed by atoms with Gasteiger partial charge in [-0.15, -0.1) is 0 Å². The van der Waals surface area contributed by atoms with Gasteiger partial charge in [0, 0.05) is 0 Å². The first-order chi connectivity index (χ1) is 13.1. The molecule has 0 spiro atoms. The van der Waals surface area contributed by atoms with E-state index in [9.17, 15) is 4.79 Å². The number of benzene rings is 2. The monoisotopic (exact) mass is 548 g/mol. The van der Waals surface area contributed by atoms with Crippen LogP contribution in [0.3, 0.4) is 0 Å². The molecule has 0 amide bonds. The van der Waals surface area contributed by atoms with E-state index in [4.69, 9.17) is 32.7 Å². The van der Waals surface area contributed by atoms with Crippen LogP contribution in [0.15, 0.2) is 54.6 Å². The van der Waals surface area contributed by atoms with Crippen molar-refractivity contribution in [3.05, 3.63) is 60.2 Å². The van der Waals surface area contributed by atoms with Gasteiger partial charge in [-0.1, -0.05) is 83.3 Å². The van der Waals surface area contributed by atoms with Crippen LogP contribution < -0.4 is 4.74 Å². The highest BCUT2D eigenvalue weighted by Gasteiger charge is 2.67. The Kier molecular flexibility index (Phi) is 6.70. The molecule has 2 aromatic carbocycles. The molecule has 1 aliphatic carbocycles. The van der Waals surface area contributed by atoms with Gasteiger partial charge in [-0.3, -0.25) is 4.79 Å². The molecule has 28 heavy (non-hydrogen) atoms. The van der Waals surface area contributed by atoms with E-state index >= 15 is 0 Å². The Morgan fingerprint density at radius 2 is 1.79 bits per heavy atom. The number of rotatable bonds is 7. The number of carbonyl (C=O) groups excluding carboxylic acids is 1. The molecule has 3 nitrogen and oxygen atoms in total. The van der Waals surface area contributed by atoms with Crippen LogP contribution in [0.25, 0.3) is 0 Å². The van der Waals surface area contributed by atoms with Crippen molar-refractivity contribution in [3.63, 3.8) is 0 Å². The SMILES string of the molecule is CC1(C)C([C@@H](Br)C(Cl)(Cl)Br)[C@H]1C(=O)OCc1cccc(Oc2ccccc2)c1. The van der Waals surface area contributed by atoms with E-state index in [-0.39, 0.29) is 34.7 Å². The Labute approximate surface area is 191 Å². The molecule has 1 saturated carbocycles.